The molecule has 4 rings (SSSR count). The highest BCUT2D eigenvalue weighted by molar-refractivity contribution is 5.99. The summed E-state index contributed by atoms with van der Waals surface area (Å²) in [5.41, 5.74) is 1.84. The maximum Gasteiger partial charge on any atom is 0.251 e. The molecule has 9 heteroatoms. The predicted octanol–water partition coefficient (Wildman–Crippen LogP) is 4.16. The van der Waals surface area contributed by atoms with E-state index in [0.717, 1.165) is 5.56 Å². The Morgan fingerprint density at radius 1 is 0.861 bits per heavy atom. The molecule has 0 aromatic heterocycles. The molecule has 3 aromatic rings. The second-order valence-electron chi connectivity index (χ2n) is 7.76. The average molecular weight is 493 g/mol. The number of rotatable bonds is 11. The van der Waals surface area contributed by atoms with Gasteiger partial charge in [0.05, 0.1) is 19.8 Å². The molecule has 9 nitrogen and oxygen atoms in total. The lowest BCUT2D eigenvalue weighted by atomic mass is 10.2. The van der Waals surface area contributed by atoms with Gasteiger partial charge in [0.1, 0.15) is 12.4 Å². The predicted molar refractivity (Wildman–Crippen MR) is 133 cm³/mol. The van der Waals surface area contributed by atoms with Gasteiger partial charge >= 0.3 is 0 Å². The minimum absolute atomic E-state index is 0.187. The molecule has 1 aliphatic heterocycles. The van der Waals surface area contributed by atoms with Crippen LogP contribution in [-0.4, -0.2) is 38.4 Å². The Bertz CT molecular complexity index is 1230. The summed E-state index contributed by atoms with van der Waals surface area (Å²) in [4.78, 5) is 25.0. The van der Waals surface area contributed by atoms with E-state index < -0.39 is 0 Å². The van der Waals surface area contributed by atoms with E-state index in [-0.39, 0.29) is 25.2 Å². The second kappa shape index (κ2) is 11.8. The van der Waals surface area contributed by atoms with Crippen LogP contribution in [0.15, 0.2) is 60.7 Å². The van der Waals surface area contributed by atoms with E-state index in [0.29, 0.717) is 59.8 Å². The number of ether oxygens (including phenoxy) is 5. The number of carbonyl (C=O) groups excluding carboxylic acids is 2. The van der Waals surface area contributed by atoms with Crippen LogP contribution >= 0.6 is 0 Å². The summed E-state index contributed by atoms with van der Waals surface area (Å²) < 4.78 is 27.6. The van der Waals surface area contributed by atoms with Crippen LogP contribution < -0.4 is 34.3 Å². The zero-order valence-electron chi connectivity index (χ0n) is 20.2. The van der Waals surface area contributed by atoms with Crippen molar-refractivity contribution in [2.45, 2.75) is 20.5 Å². The van der Waals surface area contributed by atoms with E-state index in [4.69, 9.17) is 23.7 Å². The van der Waals surface area contributed by atoms with Gasteiger partial charge in [0.2, 0.25) is 12.7 Å². The molecule has 0 saturated heterocycles. The standard InChI is InChI=1S/C27H28N2O7/c1-3-32-22-10-8-19(13-24(22)33-4-2)27(31)28-15-26(30)29-20-7-5-6-18(12-20)16-34-21-9-11-23-25(14-21)36-17-35-23/h5-14H,3-4,15-17H2,1-2H3,(H,28,31)(H,29,30). The summed E-state index contributed by atoms with van der Waals surface area (Å²) in [6, 6.07) is 17.6. The first kappa shape index (κ1) is 24.7. The summed E-state index contributed by atoms with van der Waals surface area (Å²) in [6.07, 6.45) is 0. The number of nitrogens with one attached hydrogen (secondary N) is 2. The Kier molecular flexibility index (Phi) is 8.12. The minimum atomic E-state index is -0.389. The Hall–Kier alpha value is -4.40. The van der Waals surface area contributed by atoms with E-state index >= 15 is 0 Å². The van der Waals surface area contributed by atoms with E-state index in [1.54, 1.807) is 36.4 Å². The number of hydrogen-bond acceptors (Lipinski definition) is 7. The van der Waals surface area contributed by atoms with Crippen molar-refractivity contribution in [3.63, 3.8) is 0 Å². The Balaban J connectivity index is 1.28. The van der Waals surface area contributed by atoms with Gasteiger partial charge in [-0.1, -0.05) is 12.1 Å². The lowest BCUT2D eigenvalue weighted by Crippen LogP contribution is -2.32. The fourth-order valence-corrected chi connectivity index (χ4v) is 3.53. The number of amides is 2. The zero-order chi connectivity index (χ0) is 25.3. The Morgan fingerprint density at radius 2 is 1.67 bits per heavy atom. The lowest BCUT2D eigenvalue weighted by molar-refractivity contribution is -0.115. The number of carbonyl (C=O) groups is 2. The fraction of sp³-hybridized carbons (Fsp3) is 0.259. The van der Waals surface area contributed by atoms with Gasteiger partial charge in [-0.05, 0) is 61.9 Å². The van der Waals surface area contributed by atoms with Gasteiger partial charge in [0, 0.05) is 17.3 Å². The van der Waals surface area contributed by atoms with Crippen LogP contribution in [0.5, 0.6) is 28.7 Å². The first-order valence-electron chi connectivity index (χ1n) is 11.6. The van der Waals surface area contributed by atoms with Crippen molar-refractivity contribution in [1.29, 1.82) is 0 Å². The lowest BCUT2D eigenvalue weighted by Gasteiger charge is -2.13. The molecule has 0 fully saturated rings. The van der Waals surface area contributed by atoms with Crippen LogP contribution in [0.2, 0.25) is 0 Å². The normalized spacial score (nSPS) is 11.5. The quantitative estimate of drug-likeness (QED) is 0.414. The summed E-state index contributed by atoms with van der Waals surface area (Å²) in [5.74, 6) is 2.30. The first-order chi connectivity index (χ1) is 17.6. The molecule has 2 amide bonds. The Labute approximate surface area is 209 Å². The minimum Gasteiger partial charge on any atom is -0.490 e. The fourth-order valence-electron chi connectivity index (χ4n) is 3.53. The Morgan fingerprint density at radius 3 is 2.50 bits per heavy atom. The second-order valence-corrected chi connectivity index (χ2v) is 7.76. The van der Waals surface area contributed by atoms with Gasteiger partial charge in [0.25, 0.3) is 5.91 Å². The molecular formula is C27H28N2O7. The van der Waals surface area contributed by atoms with Crippen molar-refractivity contribution < 1.29 is 33.3 Å². The molecule has 0 bridgehead atoms. The van der Waals surface area contributed by atoms with Gasteiger partial charge in [-0.25, -0.2) is 0 Å². The van der Waals surface area contributed by atoms with Gasteiger partial charge in [0.15, 0.2) is 23.0 Å². The molecule has 36 heavy (non-hydrogen) atoms. The highest BCUT2D eigenvalue weighted by Crippen LogP contribution is 2.35. The van der Waals surface area contributed by atoms with E-state index in [9.17, 15) is 9.59 Å². The summed E-state index contributed by atoms with van der Waals surface area (Å²) in [6.45, 7) is 4.97. The van der Waals surface area contributed by atoms with Crippen LogP contribution in [-0.2, 0) is 11.4 Å². The van der Waals surface area contributed by atoms with Crippen LogP contribution in [0.3, 0.4) is 0 Å². The van der Waals surface area contributed by atoms with Crippen molar-refractivity contribution in [1.82, 2.24) is 5.32 Å². The third kappa shape index (κ3) is 6.38. The van der Waals surface area contributed by atoms with Crippen LogP contribution in [0.1, 0.15) is 29.8 Å². The zero-order valence-corrected chi connectivity index (χ0v) is 20.2. The molecule has 0 radical (unpaired) electrons. The van der Waals surface area contributed by atoms with Gasteiger partial charge in [-0.3, -0.25) is 9.59 Å². The monoisotopic (exact) mass is 492 g/mol. The van der Waals surface area contributed by atoms with E-state index in [2.05, 4.69) is 10.6 Å². The first-order valence-corrected chi connectivity index (χ1v) is 11.6. The highest BCUT2D eigenvalue weighted by atomic mass is 16.7. The van der Waals surface area contributed by atoms with Gasteiger partial charge < -0.3 is 34.3 Å². The molecule has 0 atom stereocenters. The summed E-state index contributed by atoms with van der Waals surface area (Å²) in [7, 11) is 0. The molecule has 0 saturated carbocycles. The maximum absolute atomic E-state index is 12.6. The number of hydrogen-bond donors (Lipinski definition) is 2. The largest absolute Gasteiger partial charge is 0.490 e. The third-order valence-corrected chi connectivity index (χ3v) is 5.18. The van der Waals surface area contributed by atoms with E-state index in [1.807, 2.05) is 38.1 Å². The van der Waals surface area contributed by atoms with Crippen LogP contribution in [0, 0.1) is 0 Å². The topological polar surface area (TPSA) is 104 Å². The average Bonchev–Trinajstić information content (AvgIpc) is 3.35. The van der Waals surface area contributed by atoms with E-state index in [1.165, 1.54) is 0 Å². The smallest absolute Gasteiger partial charge is 0.251 e. The number of benzene rings is 3. The highest BCUT2D eigenvalue weighted by Gasteiger charge is 2.15. The molecule has 1 heterocycles. The molecule has 3 aromatic carbocycles. The number of fused-ring (bicyclic) bond motifs is 1. The van der Waals surface area contributed by atoms with Crippen molar-refractivity contribution >= 4 is 17.5 Å². The third-order valence-electron chi connectivity index (χ3n) is 5.18. The van der Waals surface area contributed by atoms with Gasteiger partial charge in [-0.2, -0.15) is 0 Å². The molecule has 2 N–H and O–H groups in total. The SMILES string of the molecule is CCOc1ccc(C(=O)NCC(=O)Nc2cccc(COc3ccc4c(c3)OCO4)c2)cc1OCC. The molecule has 188 valence electrons. The molecule has 0 unspecified atom stereocenters. The summed E-state index contributed by atoms with van der Waals surface area (Å²) in [5, 5.41) is 5.42. The van der Waals surface area contributed by atoms with Crippen molar-refractivity contribution in [2.24, 2.45) is 0 Å². The van der Waals surface area contributed by atoms with Gasteiger partial charge in [-0.15, -0.1) is 0 Å². The number of anilines is 1. The van der Waals surface area contributed by atoms with Crippen molar-refractivity contribution in [2.75, 3.05) is 31.9 Å². The molecule has 0 aliphatic carbocycles. The van der Waals surface area contributed by atoms with Crippen molar-refractivity contribution in [3.8, 4) is 28.7 Å². The molecular weight excluding hydrogens is 464 g/mol. The van der Waals surface area contributed by atoms with Crippen LogP contribution in [0.25, 0.3) is 0 Å². The van der Waals surface area contributed by atoms with Crippen LogP contribution in [0.4, 0.5) is 5.69 Å². The maximum atomic E-state index is 12.6. The summed E-state index contributed by atoms with van der Waals surface area (Å²) >= 11 is 0. The molecule has 1 aliphatic rings. The molecule has 0 spiro atoms. The van der Waals surface area contributed by atoms with Crippen molar-refractivity contribution in [3.05, 3.63) is 71.8 Å².